The topological polar surface area (TPSA) is 112 Å². The number of carboxylic acid groups (broad SMARTS) is 1. The van der Waals surface area contributed by atoms with Crippen LogP contribution in [0.4, 0.5) is 5.69 Å². The van der Waals surface area contributed by atoms with Crippen LogP contribution in [0.15, 0.2) is 70.6 Å². The van der Waals surface area contributed by atoms with Crippen LogP contribution in [0.1, 0.15) is 40.9 Å². The maximum atomic E-state index is 13.2. The van der Waals surface area contributed by atoms with Crippen molar-refractivity contribution in [1.29, 1.82) is 5.26 Å². The highest BCUT2D eigenvalue weighted by atomic mass is 127. The maximum Gasteiger partial charge on any atom is 0.335 e. The fourth-order valence-electron chi connectivity index (χ4n) is 3.82. The summed E-state index contributed by atoms with van der Waals surface area (Å²) in [6, 6.07) is 19.5. The SMILES string of the molecule is CCOc1cc(/C=C2\SC(=Nc3cccc(C(=O)O)c3)N(CC)C2=O)cc(I)c1OCc1ccccc1C#N. The molecule has 1 aliphatic rings. The van der Waals surface area contributed by atoms with Gasteiger partial charge in [-0.1, -0.05) is 24.3 Å². The van der Waals surface area contributed by atoms with Crippen LogP contribution in [0.25, 0.3) is 6.08 Å². The summed E-state index contributed by atoms with van der Waals surface area (Å²) in [7, 11) is 0. The Morgan fingerprint density at radius 2 is 1.95 bits per heavy atom. The highest BCUT2D eigenvalue weighted by Gasteiger charge is 2.32. The second-order valence-electron chi connectivity index (χ2n) is 8.23. The molecule has 0 spiro atoms. The summed E-state index contributed by atoms with van der Waals surface area (Å²) in [6.07, 6.45) is 1.78. The number of aliphatic imine (C=N–C) groups is 1. The molecular formula is C29H24IN3O5S. The predicted octanol–water partition coefficient (Wildman–Crippen LogP) is 6.46. The van der Waals surface area contributed by atoms with Crippen LogP contribution in [0.2, 0.25) is 0 Å². The number of hydrogen-bond donors (Lipinski definition) is 1. The largest absolute Gasteiger partial charge is 0.490 e. The summed E-state index contributed by atoms with van der Waals surface area (Å²) in [5.74, 6) is -0.125. The van der Waals surface area contributed by atoms with Crippen molar-refractivity contribution >= 4 is 63.2 Å². The maximum absolute atomic E-state index is 13.2. The number of aromatic carboxylic acids is 1. The fourth-order valence-corrected chi connectivity index (χ4v) is 5.66. The molecule has 0 bridgehead atoms. The zero-order valence-electron chi connectivity index (χ0n) is 21.2. The van der Waals surface area contributed by atoms with Gasteiger partial charge >= 0.3 is 5.97 Å². The quantitative estimate of drug-likeness (QED) is 0.208. The van der Waals surface area contributed by atoms with Crippen molar-refractivity contribution in [2.24, 2.45) is 4.99 Å². The van der Waals surface area contributed by atoms with Crippen molar-refractivity contribution in [2.45, 2.75) is 20.5 Å². The van der Waals surface area contributed by atoms with Gasteiger partial charge in [0.15, 0.2) is 16.7 Å². The first kappa shape index (κ1) is 28.2. The molecule has 8 nitrogen and oxygen atoms in total. The lowest BCUT2D eigenvalue weighted by Crippen LogP contribution is -2.28. The third-order valence-electron chi connectivity index (χ3n) is 5.66. The van der Waals surface area contributed by atoms with Crippen LogP contribution >= 0.6 is 34.4 Å². The van der Waals surface area contributed by atoms with Crippen LogP contribution in [-0.2, 0) is 11.4 Å². The first-order valence-electron chi connectivity index (χ1n) is 12.0. The lowest BCUT2D eigenvalue weighted by molar-refractivity contribution is -0.122. The van der Waals surface area contributed by atoms with E-state index in [0.29, 0.717) is 46.0 Å². The monoisotopic (exact) mass is 653 g/mol. The number of carbonyl (C=O) groups is 2. The van der Waals surface area contributed by atoms with Gasteiger partial charge in [0.05, 0.1) is 38.0 Å². The predicted molar refractivity (Wildman–Crippen MR) is 159 cm³/mol. The summed E-state index contributed by atoms with van der Waals surface area (Å²) in [6.45, 7) is 4.79. The third-order valence-corrected chi connectivity index (χ3v) is 7.47. The van der Waals surface area contributed by atoms with Crippen molar-refractivity contribution in [3.05, 3.63) is 91.4 Å². The molecule has 0 unspecified atom stereocenters. The molecule has 0 aromatic heterocycles. The molecule has 1 aliphatic heterocycles. The van der Waals surface area contributed by atoms with E-state index in [1.807, 2.05) is 44.2 Å². The normalized spacial score (nSPS) is 15.0. The molecular weight excluding hydrogens is 629 g/mol. The van der Waals surface area contributed by atoms with Gasteiger partial charge in [0.1, 0.15) is 6.61 Å². The number of nitrogens with zero attached hydrogens (tertiary/aromatic N) is 3. The van der Waals surface area contributed by atoms with E-state index in [4.69, 9.17) is 9.47 Å². The Hall–Kier alpha value is -3.82. The van der Waals surface area contributed by atoms with Crippen molar-refractivity contribution in [1.82, 2.24) is 4.90 Å². The number of ether oxygens (including phenoxy) is 2. The average Bonchev–Trinajstić information content (AvgIpc) is 3.21. The van der Waals surface area contributed by atoms with Gasteiger partial charge in [0, 0.05) is 12.1 Å². The first-order valence-corrected chi connectivity index (χ1v) is 13.9. The summed E-state index contributed by atoms with van der Waals surface area (Å²) < 4.78 is 12.8. The Balaban J connectivity index is 1.63. The molecule has 0 aliphatic carbocycles. The molecule has 4 rings (SSSR count). The Bertz CT molecular complexity index is 1530. The van der Waals surface area contributed by atoms with E-state index in [2.05, 4.69) is 33.7 Å². The number of carboxylic acids is 1. The number of halogens is 1. The van der Waals surface area contributed by atoms with Gasteiger partial charge in [-0.25, -0.2) is 9.79 Å². The molecule has 3 aromatic rings. The van der Waals surface area contributed by atoms with Crippen molar-refractivity contribution in [2.75, 3.05) is 13.2 Å². The molecule has 0 atom stereocenters. The van der Waals surface area contributed by atoms with E-state index in [1.54, 1.807) is 29.2 Å². The van der Waals surface area contributed by atoms with E-state index in [9.17, 15) is 20.0 Å². The summed E-state index contributed by atoms with van der Waals surface area (Å²) in [5.41, 5.74) is 2.67. The number of nitriles is 1. The number of amidine groups is 1. The summed E-state index contributed by atoms with van der Waals surface area (Å²) >= 11 is 3.40. The Morgan fingerprint density at radius 3 is 2.67 bits per heavy atom. The fraction of sp³-hybridized carbons (Fsp3) is 0.172. The molecule has 1 fully saturated rings. The second-order valence-corrected chi connectivity index (χ2v) is 10.4. The number of thioether (sulfide) groups is 1. The first-order chi connectivity index (χ1) is 18.8. The Labute approximate surface area is 244 Å². The molecule has 1 heterocycles. The summed E-state index contributed by atoms with van der Waals surface area (Å²) in [5, 5.41) is 19.1. The van der Waals surface area contributed by atoms with Crippen LogP contribution in [0.3, 0.4) is 0 Å². The molecule has 0 saturated carbocycles. The molecule has 198 valence electrons. The van der Waals surface area contributed by atoms with E-state index in [1.165, 1.54) is 23.9 Å². The van der Waals surface area contributed by atoms with E-state index in [-0.39, 0.29) is 18.1 Å². The van der Waals surface area contributed by atoms with Gasteiger partial charge < -0.3 is 14.6 Å². The smallest absolute Gasteiger partial charge is 0.335 e. The van der Waals surface area contributed by atoms with Gasteiger partial charge in [-0.05, 0) is 96.2 Å². The van der Waals surface area contributed by atoms with Gasteiger partial charge in [0.2, 0.25) is 0 Å². The van der Waals surface area contributed by atoms with Crippen molar-refractivity contribution in [3.63, 3.8) is 0 Å². The van der Waals surface area contributed by atoms with E-state index >= 15 is 0 Å². The Morgan fingerprint density at radius 1 is 1.15 bits per heavy atom. The molecule has 1 N–H and O–H groups in total. The molecule has 39 heavy (non-hydrogen) atoms. The van der Waals surface area contributed by atoms with Crippen LogP contribution in [0.5, 0.6) is 11.5 Å². The minimum absolute atomic E-state index is 0.126. The average molecular weight is 653 g/mol. The lowest BCUT2D eigenvalue weighted by Gasteiger charge is -2.15. The molecule has 1 amide bonds. The molecule has 0 radical (unpaired) electrons. The van der Waals surface area contributed by atoms with E-state index in [0.717, 1.165) is 14.7 Å². The molecule has 1 saturated heterocycles. The van der Waals surface area contributed by atoms with Crippen LogP contribution < -0.4 is 9.47 Å². The second kappa shape index (κ2) is 12.8. The van der Waals surface area contributed by atoms with Gasteiger partial charge in [-0.2, -0.15) is 5.26 Å². The van der Waals surface area contributed by atoms with Crippen LogP contribution in [-0.4, -0.2) is 40.2 Å². The number of amides is 1. The number of rotatable bonds is 9. The minimum Gasteiger partial charge on any atom is -0.490 e. The van der Waals surface area contributed by atoms with Crippen molar-refractivity contribution in [3.8, 4) is 17.6 Å². The minimum atomic E-state index is -1.04. The van der Waals surface area contributed by atoms with Gasteiger partial charge in [-0.15, -0.1) is 0 Å². The van der Waals surface area contributed by atoms with Crippen LogP contribution in [0, 0.1) is 14.9 Å². The zero-order chi connectivity index (χ0) is 27.9. The molecule has 10 heteroatoms. The lowest BCUT2D eigenvalue weighted by atomic mass is 10.1. The van der Waals surface area contributed by atoms with Crippen molar-refractivity contribution < 1.29 is 24.2 Å². The highest BCUT2D eigenvalue weighted by molar-refractivity contribution is 14.1. The Kier molecular flexibility index (Phi) is 9.27. The van der Waals surface area contributed by atoms with Gasteiger partial charge in [-0.3, -0.25) is 9.69 Å². The number of hydrogen-bond acceptors (Lipinski definition) is 7. The summed E-state index contributed by atoms with van der Waals surface area (Å²) in [4.78, 5) is 31.1. The zero-order valence-corrected chi connectivity index (χ0v) is 24.2. The number of carbonyl (C=O) groups excluding carboxylic acids is 1. The van der Waals surface area contributed by atoms with E-state index < -0.39 is 5.97 Å². The number of benzene rings is 3. The van der Waals surface area contributed by atoms with Gasteiger partial charge in [0.25, 0.3) is 5.91 Å². The molecule has 3 aromatic carbocycles. The highest BCUT2D eigenvalue weighted by Crippen LogP contribution is 2.38. The standard InChI is InChI=1S/C29H24IN3O5S/c1-3-33-27(34)25(39-29(33)32-22-11-7-10-19(15-22)28(35)36)14-18-12-23(30)26(24(13-18)37-4-2)38-17-21-9-6-5-8-20(21)16-31/h5-15H,3-4,17H2,1-2H3,(H,35,36)/b25-14-,32-29?. The third kappa shape index (κ3) is 6.61. The number of likely N-dealkylation sites (N-methyl/N-ethyl adjacent to an activating group) is 1.